The molecule has 0 saturated heterocycles. The van der Waals surface area contributed by atoms with Gasteiger partial charge in [-0.1, -0.05) is 20.3 Å². The zero-order valence-electron chi connectivity index (χ0n) is 10.9. The zero-order valence-corrected chi connectivity index (χ0v) is 10.9. The summed E-state index contributed by atoms with van der Waals surface area (Å²) in [4.78, 5) is 0. The minimum absolute atomic E-state index is 0.411. The average Bonchev–Trinajstić information content (AvgIpc) is 2.25. The molecule has 0 aromatic carbocycles. The van der Waals surface area contributed by atoms with Gasteiger partial charge >= 0.3 is 0 Å². The molecule has 0 aliphatic heterocycles. The van der Waals surface area contributed by atoms with E-state index in [4.69, 9.17) is 9.47 Å². The Hall–Kier alpha value is -0.160. The normalized spacial score (nSPS) is 15.0. The lowest BCUT2D eigenvalue weighted by Crippen LogP contribution is -2.32. The molecule has 0 aliphatic rings. The Labute approximate surface area is 99.3 Å². The van der Waals surface area contributed by atoms with Crippen LogP contribution in [0, 0.1) is 5.92 Å². The molecule has 0 rings (SSSR count). The van der Waals surface area contributed by atoms with Gasteiger partial charge in [0, 0.05) is 26.8 Å². The Kier molecular flexibility index (Phi) is 11.2. The average molecular weight is 233 g/mol. The summed E-state index contributed by atoms with van der Waals surface area (Å²) in [6, 6.07) is 0. The first-order chi connectivity index (χ1) is 7.70. The predicted molar refractivity (Wildman–Crippen MR) is 65.6 cm³/mol. The minimum atomic E-state index is -0.425. The fraction of sp³-hybridized carbons (Fsp3) is 1.00. The van der Waals surface area contributed by atoms with Gasteiger partial charge in [-0.05, 0) is 12.3 Å². The third-order valence-corrected chi connectivity index (χ3v) is 2.36. The number of hydrogen-bond acceptors (Lipinski definition) is 4. The van der Waals surface area contributed by atoms with Crippen molar-refractivity contribution in [3.05, 3.63) is 0 Å². The fourth-order valence-corrected chi connectivity index (χ4v) is 1.48. The molecule has 0 aliphatic carbocycles. The van der Waals surface area contributed by atoms with E-state index in [1.807, 2.05) is 0 Å². The molecular weight excluding hydrogens is 206 g/mol. The summed E-state index contributed by atoms with van der Waals surface area (Å²) in [5, 5.41) is 12.7. The fourth-order valence-electron chi connectivity index (χ4n) is 1.48. The first-order valence-electron chi connectivity index (χ1n) is 6.16. The van der Waals surface area contributed by atoms with Crippen LogP contribution < -0.4 is 5.32 Å². The number of aliphatic hydroxyl groups is 1. The highest BCUT2D eigenvalue weighted by Crippen LogP contribution is 2.04. The second-order valence-corrected chi connectivity index (χ2v) is 4.28. The van der Waals surface area contributed by atoms with Gasteiger partial charge in [0.15, 0.2) is 0 Å². The lowest BCUT2D eigenvalue weighted by atomic mass is 10.1. The van der Waals surface area contributed by atoms with Crippen LogP contribution in [-0.2, 0) is 9.47 Å². The molecule has 2 atom stereocenters. The summed E-state index contributed by atoms with van der Waals surface area (Å²) < 4.78 is 10.3. The standard InChI is InChI=1S/C12H27NO3/c1-4-5-11(2)9-16-10-12(14)8-13-6-7-15-3/h11-14H,4-10H2,1-3H3. The lowest BCUT2D eigenvalue weighted by molar-refractivity contribution is 0.0222. The summed E-state index contributed by atoms with van der Waals surface area (Å²) in [5.41, 5.74) is 0. The monoisotopic (exact) mass is 233 g/mol. The van der Waals surface area contributed by atoms with E-state index in [0.29, 0.717) is 25.7 Å². The van der Waals surface area contributed by atoms with Crippen LogP contribution >= 0.6 is 0 Å². The SMILES string of the molecule is CCCC(C)COCC(O)CNCCOC. The minimum Gasteiger partial charge on any atom is -0.389 e. The van der Waals surface area contributed by atoms with Crippen molar-refractivity contribution in [3.63, 3.8) is 0 Å². The maximum Gasteiger partial charge on any atom is 0.0897 e. The number of aliphatic hydroxyl groups excluding tert-OH is 1. The highest BCUT2D eigenvalue weighted by molar-refractivity contribution is 4.59. The van der Waals surface area contributed by atoms with E-state index in [2.05, 4.69) is 19.2 Å². The van der Waals surface area contributed by atoms with E-state index in [-0.39, 0.29) is 0 Å². The molecular formula is C12H27NO3. The van der Waals surface area contributed by atoms with Crippen molar-refractivity contribution in [2.45, 2.75) is 32.8 Å². The van der Waals surface area contributed by atoms with E-state index in [0.717, 1.165) is 13.2 Å². The first-order valence-corrected chi connectivity index (χ1v) is 6.16. The van der Waals surface area contributed by atoms with Crippen LogP contribution in [-0.4, -0.2) is 51.2 Å². The molecule has 4 heteroatoms. The van der Waals surface area contributed by atoms with Gasteiger partial charge in [0.2, 0.25) is 0 Å². The van der Waals surface area contributed by atoms with E-state index in [9.17, 15) is 5.11 Å². The molecule has 2 unspecified atom stereocenters. The summed E-state index contributed by atoms with van der Waals surface area (Å²) in [5.74, 6) is 0.582. The van der Waals surface area contributed by atoms with Crippen molar-refractivity contribution in [1.29, 1.82) is 0 Å². The van der Waals surface area contributed by atoms with E-state index in [1.54, 1.807) is 7.11 Å². The third-order valence-electron chi connectivity index (χ3n) is 2.36. The second-order valence-electron chi connectivity index (χ2n) is 4.28. The first kappa shape index (κ1) is 15.8. The predicted octanol–water partition coefficient (Wildman–Crippen LogP) is 1.04. The van der Waals surface area contributed by atoms with E-state index in [1.165, 1.54) is 12.8 Å². The highest BCUT2D eigenvalue weighted by Gasteiger charge is 2.05. The molecule has 0 amide bonds. The maximum atomic E-state index is 9.56. The van der Waals surface area contributed by atoms with Crippen LogP contribution in [0.25, 0.3) is 0 Å². The summed E-state index contributed by atoms with van der Waals surface area (Å²) >= 11 is 0. The van der Waals surface area contributed by atoms with Crippen LogP contribution in [0.4, 0.5) is 0 Å². The van der Waals surface area contributed by atoms with Gasteiger partial charge in [-0.15, -0.1) is 0 Å². The van der Waals surface area contributed by atoms with Gasteiger partial charge in [0.25, 0.3) is 0 Å². The Bertz CT molecular complexity index is 144. The smallest absolute Gasteiger partial charge is 0.0897 e. The van der Waals surface area contributed by atoms with Crippen molar-refractivity contribution in [3.8, 4) is 0 Å². The summed E-state index contributed by atoms with van der Waals surface area (Å²) in [6.45, 7) is 7.49. The van der Waals surface area contributed by atoms with Gasteiger partial charge < -0.3 is 19.9 Å². The highest BCUT2D eigenvalue weighted by atomic mass is 16.5. The van der Waals surface area contributed by atoms with Crippen LogP contribution in [0.1, 0.15) is 26.7 Å². The topological polar surface area (TPSA) is 50.7 Å². The molecule has 0 aromatic heterocycles. The van der Waals surface area contributed by atoms with Gasteiger partial charge in [-0.2, -0.15) is 0 Å². The Balaban J connectivity index is 3.26. The summed E-state index contributed by atoms with van der Waals surface area (Å²) in [6.07, 6.45) is 1.94. The van der Waals surface area contributed by atoms with Gasteiger partial charge in [0.05, 0.1) is 19.3 Å². The number of rotatable bonds is 11. The van der Waals surface area contributed by atoms with Crippen molar-refractivity contribution < 1.29 is 14.6 Å². The number of hydrogen-bond donors (Lipinski definition) is 2. The van der Waals surface area contributed by atoms with Crippen molar-refractivity contribution in [2.24, 2.45) is 5.92 Å². The van der Waals surface area contributed by atoms with Crippen LogP contribution in [0.2, 0.25) is 0 Å². The number of methoxy groups -OCH3 is 1. The second kappa shape index (κ2) is 11.3. The number of ether oxygens (including phenoxy) is 2. The Morgan fingerprint density at radius 2 is 2.06 bits per heavy atom. The molecule has 0 fully saturated rings. The van der Waals surface area contributed by atoms with Crippen LogP contribution in [0.15, 0.2) is 0 Å². The van der Waals surface area contributed by atoms with E-state index < -0.39 is 6.10 Å². The van der Waals surface area contributed by atoms with Crippen molar-refractivity contribution >= 4 is 0 Å². The molecule has 0 bridgehead atoms. The molecule has 0 saturated carbocycles. The molecule has 0 heterocycles. The molecule has 0 radical (unpaired) electrons. The van der Waals surface area contributed by atoms with Crippen LogP contribution in [0.3, 0.4) is 0 Å². The molecule has 4 nitrogen and oxygen atoms in total. The lowest BCUT2D eigenvalue weighted by Gasteiger charge is -2.14. The maximum absolute atomic E-state index is 9.56. The molecule has 0 aromatic rings. The molecule has 2 N–H and O–H groups in total. The molecule has 98 valence electrons. The number of nitrogens with one attached hydrogen (secondary N) is 1. The van der Waals surface area contributed by atoms with Crippen molar-refractivity contribution in [1.82, 2.24) is 5.32 Å². The Morgan fingerprint density at radius 1 is 1.31 bits per heavy atom. The Morgan fingerprint density at radius 3 is 2.69 bits per heavy atom. The molecule has 16 heavy (non-hydrogen) atoms. The van der Waals surface area contributed by atoms with Crippen molar-refractivity contribution in [2.75, 3.05) is 40.0 Å². The quantitative estimate of drug-likeness (QED) is 0.524. The van der Waals surface area contributed by atoms with Gasteiger partial charge in [-0.25, -0.2) is 0 Å². The van der Waals surface area contributed by atoms with Crippen LogP contribution in [0.5, 0.6) is 0 Å². The summed E-state index contributed by atoms with van der Waals surface area (Å²) in [7, 11) is 1.66. The molecule has 0 spiro atoms. The third kappa shape index (κ3) is 10.4. The van der Waals surface area contributed by atoms with Gasteiger partial charge in [0.1, 0.15) is 0 Å². The largest absolute Gasteiger partial charge is 0.389 e. The van der Waals surface area contributed by atoms with E-state index >= 15 is 0 Å². The van der Waals surface area contributed by atoms with Gasteiger partial charge in [-0.3, -0.25) is 0 Å². The zero-order chi connectivity index (χ0) is 12.2.